The molecule has 0 heterocycles. The molecular formula is C11H16ClFN2. The lowest BCUT2D eigenvalue weighted by Crippen LogP contribution is -2.28. The highest BCUT2D eigenvalue weighted by atomic mass is 35.5. The lowest BCUT2D eigenvalue weighted by Gasteiger charge is -2.16. The number of rotatable bonds is 5. The molecule has 0 saturated carbocycles. The van der Waals surface area contributed by atoms with Gasteiger partial charge in [-0.25, -0.2) is 4.39 Å². The van der Waals surface area contributed by atoms with Gasteiger partial charge in [0, 0.05) is 11.9 Å². The van der Waals surface area contributed by atoms with E-state index in [9.17, 15) is 4.39 Å². The number of benzene rings is 1. The maximum atomic E-state index is 13.0. The van der Waals surface area contributed by atoms with Crippen molar-refractivity contribution in [2.45, 2.75) is 25.8 Å². The topological polar surface area (TPSA) is 38.0 Å². The van der Waals surface area contributed by atoms with Crippen molar-refractivity contribution in [2.24, 2.45) is 5.84 Å². The summed E-state index contributed by atoms with van der Waals surface area (Å²) >= 11 is 5.62. The minimum atomic E-state index is -0.188. The smallest absolute Gasteiger partial charge is 0.126 e. The first-order valence-electron chi connectivity index (χ1n) is 4.97. The van der Waals surface area contributed by atoms with E-state index in [1.165, 1.54) is 6.07 Å². The molecule has 3 N–H and O–H groups in total. The summed E-state index contributed by atoms with van der Waals surface area (Å²) in [5.74, 6) is 5.87. The average Bonchev–Trinajstić information content (AvgIpc) is 2.24. The van der Waals surface area contributed by atoms with Crippen LogP contribution in [0.15, 0.2) is 18.2 Å². The molecule has 0 saturated heterocycles. The van der Waals surface area contributed by atoms with E-state index < -0.39 is 0 Å². The number of hydrazine groups is 1. The van der Waals surface area contributed by atoms with Gasteiger partial charge in [-0.1, -0.05) is 12.1 Å². The fourth-order valence-corrected chi connectivity index (χ4v) is 1.67. The van der Waals surface area contributed by atoms with E-state index in [4.69, 9.17) is 17.4 Å². The maximum Gasteiger partial charge on any atom is 0.126 e. The highest BCUT2D eigenvalue weighted by Crippen LogP contribution is 2.20. The normalized spacial score (nSPS) is 12.8. The van der Waals surface area contributed by atoms with Crippen molar-refractivity contribution in [3.63, 3.8) is 0 Å². The Balaban J connectivity index is 2.78. The van der Waals surface area contributed by atoms with Gasteiger partial charge in [-0.2, -0.15) is 0 Å². The van der Waals surface area contributed by atoms with Crippen LogP contribution in [0.4, 0.5) is 4.39 Å². The second kappa shape index (κ2) is 6.05. The van der Waals surface area contributed by atoms with Crippen molar-refractivity contribution < 1.29 is 4.39 Å². The Hall–Kier alpha value is -0.640. The van der Waals surface area contributed by atoms with Gasteiger partial charge < -0.3 is 0 Å². The van der Waals surface area contributed by atoms with Gasteiger partial charge in [0.15, 0.2) is 0 Å². The van der Waals surface area contributed by atoms with Crippen molar-refractivity contribution >= 4 is 11.6 Å². The quantitative estimate of drug-likeness (QED) is 0.464. The summed E-state index contributed by atoms with van der Waals surface area (Å²) in [4.78, 5) is 0. The number of alkyl halides is 1. The Bertz CT molecular complexity index is 317. The number of hydrogen-bond donors (Lipinski definition) is 2. The van der Waals surface area contributed by atoms with Crippen molar-refractivity contribution in [2.75, 3.05) is 5.88 Å². The van der Waals surface area contributed by atoms with Crippen LogP contribution in [0.3, 0.4) is 0 Å². The zero-order chi connectivity index (χ0) is 11.3. The van der Waals surface area contributed by atoms with Gasteiger partial charge in [0.25, 0.3) is 0 Å². The van der Waals surface area contributed by atoms with Gasteiger partial charge in [0.2, 0.25) is 0 Å². The molecular weight excluding hydrogens is 215 g/mol. The molecule has 15 heavy (non-hydrogen) atoms. The molecule has 0 bridgehead atoms. The van der Waals surface area contributed by atoms with Crippen LogP contribution >= 0.6 is 11.6 Å². The van der Waals surface area contributed by atoms with Gasteiger partial charge in [0.1, 0.15) is 5.82 Å². The average molecular weight is 231 g/mol. The number of nitrogens with two attached hydrogens (primary N) is 1. The highest BCUT2D eigenvalue weighted by Gasteiger charge is 2.10. The van der Waals surface area contributed by atoms with Crippen LogP contribution in [0.1, 0.15) is 30.0 Å². The molecule has 1 unspecified atom stereocenters. The molecule has 0 aliphatic heterocycles. The van der Waals surface area contributed by atoms with Crippen LogP contribution in [-0.2, 0) is 0 Å². The first-order valence-corrected chi connectivity index (χ1v) is 5.50. The van der Waals surface area contributed by atoms with Gasteiger partial charge in [-0.05, 0) is 37.0 Å². The van der Waals surface area contributed by atoms with Gasteiger partial charge >= 0.3 is 0 Å². The third-order valence-electron chi connectivity index (χ3n) is 2.41. The number of nitrogens with one attached hydrogen (secondary N) is 1. The van der Waals surface area contributed by atoms with Gasteiger partial charge in [-0.15, -0.1) is 11.6 Å². The molecule has 0 aromatic heterocycles. The Kier molecular flexibility index (Phi) is 5.02. The number of hydrogen-bond acceptors (Lipinski definition) is 2. The van der Waals surface area contributed by atoms with Crippen LogP contribution in [0.25, 0.3) is 0 Å². The van der Waals surface area contributed by atoms with Crippen molar-refractivity contribution in [3.8, 4) is 0 Å². The van der Waals surface area contributed by atoms with E-state index in [0.717, 1.165) is 18.4 Å². The Morgan fingerprint density at radius 3 is 2.80 bits per heavy atom. The molecule has 0 radical (unpaired) electrons. The maximum absolute atomic E-state index is 13.0. The number of aryl methyl sites for hydroxylation is 1. The van der Waals surface area contributed by atoms with Crippen LogP contribution in [0.5, 0.6) is 0 Å². The summed E-state index contributed by atoms with van der Waals surface area (Å²) in [5, 5.41) is 0. The van der Waals surface area contributed by atoms with E-state index in [0.29, 0.717) is 11.4 Å². The molecule has 1 atom stereocenters. The number of halogens is 2. The van der Waals surface area contributed by atoms with Gasteiger partial charge in [0.05, 0.1) is 0 Å². The van der Waals surface area contributed by atoms with Crippen LogP contribution in [0, 0.1) is 12.7 Å². The van der Waals surface area contributed by atoms with E-state index in [1.807, 2.05) is 6.07 Å². The fourth-order valence-electron chi connectivity index (χ4n) is 1.51. The largest absolute Gasteiger partial charge is 0.271 e. The van der Waals surface area contributed by atoms with Crippen molar-refractivity contribution in [1.82, 2.24) is 5.43 Å². The van der Waals surface area contributed by atoms with Crippen molar-refractivity contribution in [1.29, 1.82) is 0 Å². The third-order valence-corrected chi connectivity index (χ3v) is 2.68. The SMILES string of the molecule is Cc1cc(C(CCCCl)NN)ccc1F. The second-order valence-electron chi connectivity index (χ2n) is 3.56. The molecule has 0 fully saturated rings. The highest BCUT2D eigenvalue weighted by molar-refractivity contribution is 6.17. The predicted octanol–water partition coefficient (Wildman–Crippen LogP) is 2.66. The van der Waals surface area contributed by atoms with Gasteiger partial charge in [-0.3, -0.25) is 11.3 Å². The minimum Gasteiger partial charge on any atom is -0.271 e. The molecule has 4 heteroatoms. The molecule has 0 spiro atoms. The zero-order valence-electron chi connectivity index (χ0n) is 8.76. The first-order chi connectivity index (χ1) is 7.19. The summed E-state index contributed by atoms with van der Waals surface area (Å²) in [5.41, 5.74) is 4.36. The lowest BCUT2D eigenvalue weighted by atomic mass is 10.0. The van der Waals surface area contributed by atoms with Crippen molar-refractivity contribution in [3.05, 3.63) is 35.1 Å². The molecule has 1 aromatic carbocycles. The summed E-state index contributed by atoms with van der Waals surface area (Å²) in [7, 11) is 0. The molecule has 0 amide bonds. The van der Waals surface area contributed by atoms with Crippen LogP contribution < -0.4 is 11.3 Å². The Labute approximate surface area is 94.6 Å². The summed E-state index contributed by atoms with van der Waals surface area (Å²) in [6.45, 7) is 1.74. The van der Waals surface area contributed by atoms with Crippen LogP contribution in [-0.4, -0.2) is 5.88 Å². The molecule has 2 nitrogen and oxygen atoms in total. The monoisotopic (exact) mass is 230 g/mol. The fraction of sp³-hybridized carbons (Fsp3) is 0.455. The lowest BCUT2D eigenvalue weighted by molar-refractivity contribution is 0.509. The zero-order valence-corrected chi connectivity index (χ0v) is 9.52. The van der Waals surface area contributed by atoms with E-state index in [-0.39, 0.29) is 11.9 Å². The standard InChI is InChI=1S/C11H16ClFN2/c1-8-7-9(4-5-10(8)13)11(15-14)3-2-6-12/h4-5,7,11,15H,2-3,6,14H2,1H3. The van der Waals surface area contributed by atoms with Crippen LogP contribution in [0.2, 0.25) is 0 Å². The van der Waals surface area contributed by atoms with E-state index in [1.54, 1.807) is 13.0 Å². The Morgan fingerprint density at radius 2 is 2.27 bits per heavy atom. The molecule has 0 aliphatic carbocycles. The second-order valence-corrected chi connectivity index (χ2v) is 3.94. The molecule has 84 valence electrons. The summed E-state index contributed by atoms with van der Waals surface area (Å²) in [6.07, 6.45) is 1.73. The summed E-state index contributed by atoms with van der Waals surface area (Å²) in [6, 6.07) is 5.08. The molecule has 0 aliphatic rings. The first kappa shape index (κ1) is 12.4. The predicted molar refractivity (Wildman–Crippen MR) is 61.2 cm³/mol. The molecule has 1 rings (SSSR count). The molecule has 1 aromatic rings. The van der Waals surface area contributed by atoms with E-state index >= 15 is 0 Å². The third kappa shape index (κ3) is 3.45. The Morgan fingerprint density at radius 1 is 1.53 bits per heavy atom. The van der Waals surface area contributed by atoms with E-state index in [2.05, 4.69) is 5.43 Å². The summed E-state index contributed by atoms with van der Waals surface area (Å²) < 4.78 is 13.0. The minimum absolute atomic E-state index is 0.0445.